The summed E-state index contributed by atoms with van der Waals surface area (Å²) in [4.78, 5) is 41.7. The van der Waals surface area contributed by atoms with E-state index in [0.29, 0.717) is 11.2 Å². The van der Waals surface area contributed by atoms with E-state index in [9.17, 15) is 14.4 Å². The summed E-state index contributed by atoms with van der Waals surface area (Å²) in [5.41, 5.74) is 8.91. The number of nitrogens with one attached hydrogen (secondary N) is 2. The fourth-order valence-electron chi connectivity index (χ4n) is 2.97. The second kappa shape index (κ2) is 9.04. The summed E-state index contributed by atoms with van der Waals surface area (Å²) < 4.78 is 4.99. The number of H-pyrrole nitrogens is 1. The van der Waals surface area contributed by atoms with Crippen LogP contribution in [-0.4, -0.2) is 40.4 Å². The normalized spacial score (nSPS) is 12.1. The van der Waals surface area contributed by atoms with Crippen molar-refractivity contribution in [3.05, 3.63) is 59.9 Å². The minimum Gasteiger partial charge on any atom is -0.461 e. The van der Waals surface area contributed by atoms with Gasteiger partial charge in [0.05, 0.1) is 6.54 Å². The summed E-state index contributed by atoms with van der Waals surface area (Å²) >= 11 is 0. The van der Waals surface area contributed by atoms with Gasteiger partial charge in [-0.05, 0) is 36.8 Å². The third-order valence-electron chi connectivity index (χ3n) is 4.39. The van der Waals surface area contributed by atoms with Gasteiger partial charge in [0.2, 0.25) is 5.91 Å². The predicted molar refractivity (Wildman–Crippen MR) is 113 cm³/mol. The van der Waals surface area contributed by atoms with E-state index in [0.717, 1.165) is 22.1 Å². The number of primary amides is 1. The van der Waals surface area contributed by atoms with Gasteiger partial charge in [0.25, 0.3) is 5.91 Å². The zero-order valence-electron chi connectivity index (χ0n) is 16.6. The molecule has 2 heterocycles. The number of carbonyl (C=O) groups excluding carboxylic acids is 3. The molecular formula is C22H22N4O4. The van der Waals surface area contributed by atoms with E-state index in [-0.39, 0.29) is 18.4 Å². The van der Waals surface area contributed by atoms with Gasteiger partial charge in [-0.3, -0.25) is 14.4 Å². The number of nitrogens with zero attached hydrogens (tertiary/aromatic N) is 1. The van der Waals surface area contributed by atoms with Crippen LogP contribution in [0.15, 0.2) is 48.8 Å². The molecule has 1 atom stereocenters. The summed E-state index contributed by atoms with van der Waals surface area (Å²) in [5, 5.41) is 3.59. The average Bonchev–Trinajstić information content (AvgIpc) is 3.12. The zero-order chi connectivity index (χ0) is 21.7. The maximum Gasteiger partial charge on any atom is 0.302 e. The van der Waals surface area contributed by atoms with Gasteiger partial charge in [0, 0.05) is 47.5 Å². The fraction of sp³-hybridized carbons (Fsp3) is 0.182. The number of aromatic nitrogens is 2. The van der Waals surface area contributed by atoms with Gasteiger partial charge in [-0.2, -0.15) is 0 Å². The topological polar surface area (TPSA) is 127 Å². The second-order valence-corrected chi connectivity index (χ2v) is 6.81. The largest absolute Gasteiger partial charge is 0.461 e. The molecule has 0 fully saturated rings. The van der Waals surface area contributed by atoms with E-state index in [4.69, 9.17) is 10.5 Å². The highest BCUT2D eigenvalue weighted by Gasteiger charge is 2.11. The minimum atomic E-state index is -0.524. The quantitative estimate of drug-likeness (QED) is 0.410. The summed E-state index contributed by atoms with van der Waals surface area (Å²) in [6.07, 6.45) is 6.02. The van der Waals surface area contributed by atoms with E-state index in [2.05, 4.69) is 15.3 Å². The van der Waals surface area contributed by atoms with Crippen LogP contribution in [0.3, 0.4) is 0 Å². The van der Waals surface area contributed by atoms with Crippen molar-refractivity contribution >= 4 is 34.9 Å². The van der Waals surface area contributed by atoms with Crippen LogP contribution in [0.5, 0.6) is 0 Å². The van der Waals surface area contributed by atoms with E-state index in [1.807, 2.05) is 18.2 Å². The number of pyridine rings is 1. The third kappa shape index (κ3) is 5.11. The highest BCUT2D eigenvalue weighted by atomic mass is 16.5. The van der Waals surface area contributed by atoms with E-state index < -0.39 is 12.0 Å². The van der Waals surface area contributed by atoms with Crippen molar-refractivity contribution in [3.8, 4) is 11.1 Å². The molecule has 0 aliphatic heterocycles. The monoisotopic (exact) mass is 406 g/mol. The molecular weight excluding hydrogens is 384 g/mol. The van der Waals surface area contributed by atoms with E-state index in [1.165, 1.54) is 13.0 Å². The van der Waals surface area contributed by atoms with Crippen molar-refractivity contribution in [2.24, 2.45) is 5.73 Å². The van der Waals surface area contributed by atoms with Gasteiger partial charge < -0.3 is 20.8 Å². The van der Waals surface area contributed by atoms with Gasteiger partial charge in [-0.25, -0.2) is 4.98 Å². The Morgan fingerprint density at radius 2 is 1.97 bits per heavy atom. The molecule has 0 radical (unpaired) electrons. The number of rotatable bonds is 7. The summed E-state index contributed by atoms with van der Waals surface area (Å²) in [5.74, 6) is -1.16. The lowest BCUT2D eigenvalue weighted by Crippen LogP contribution is -2.32. The van der Waals surface area contributed by atoms with E-state index in [1.54, 1.807) is 37.5 Å². The smallest absolute Gasteiger partial charge is 0.302 e. The number of fused-ring (bicyclic) bond motifs is 1. The number of nitrogens with two attached hydrogens (primary N) is 1. The highest BCUT2D eigenvalue weighted by Crippen LogP contribution is 2.25. The highest BCUT2D eigenvalue weighted by molar-refractivity contribution is 5.96. The molecule has 0 unspecified atom stereocenters. The molecule has 0 saturated heterocycles. The Morgan fingerprint density at radius 3 is 2.63 bits per heavy atom. The van der Waals surface area contributed by atoms with Gasteiger partial charge >= 0.3 is 5.97 Å². The Balaban J connectivity index is 1.75. The molecule has 0 saturated carbocycles. The first kappa shape index (κ1) is 20.8. The lowest BCUT2D eigenvalue weighted by molar-refractivity contribution is -0.145. The first-order valence-corrected chi connectivity index (χ1v) is 9.34. The van der Waals surface area contributed by atoms with Crippen LogP contribution in [0.2, 0.25) is 0 Å². The van der Waals surface area contributed by atoms with Gasteiger partial charge in [-0.1, -0.05) is 12.1 Å². The van der Waals surface area contributed by atoms with Gasteiger partial charge in [-0.15, -0.1) is 0 Å². The predicted octanol–water partition coefficient (Wildman–Crippen LogP) is 2.41. The standard InChI is InChI=1S/C22H22N4O4/c1-13(30-14(2)27)10-26-22(29)16-5-3-15(4-6-16)18-9-19-17(7-8-20(23)28)11-24-21(19)25-12-18/h3-9,11-13H,10H2,1-2H3,(H2,23,28)(H,24,25)(H,26,29)/b8-7+/t13-/m0/s1. The molecule has 3 rings (SSSR count). The molecule has 1 aromatic carbocycles. The first-order chi connectivity index (χ1) is 14.3. The fourth-order valence-corrected chi connectivity index (χ4v) is 2.97. The first-order valence-electron chi connectivity index (χ1n) is 9.34. The number of aromatic amines is 1. The van der Waals surface area contributed by atoms with Crippen LogP contribution < -0.4 is 11.1 Å². The van der Waals surface area contributed by atoms with Crippen molar-refractivity contribution < 1.29 is 19.1 Å². The number of carbonyl (C=O) groups is 3. The number of hydrogen-bond acceptors (Lipinski definition) is 5. The number of hydrogen-bond donors (Lipinski definition) is 3. The Morgan fingerprint density at radius 1 is 1.23 bits per heavy atom. The number of ether oxygens (including phenoxy) is 1. The molecule has 2 aromatic heterocycles. The molecule has 2 amide bonds. The van der Waals surface area contributed by atoms with Crippen molar-refractivity contribution in [3.63, 3.8) is 0 Å². The van der Waals surface area contributed by atoms with Crippen LogP contribution in [0.25, 0.3) is 28.2 Å². The Kier molecular flexibility index (Phi) is 6.26. The molecule has 30 heavy (non-hydrogen) atoms. The van der Waals surface area contributed by atoms with Crippen molar-refractivity contribution in [1.82, 2.24) is 15.3 Å². The van der Waals surface area contributed by atoms with E-state index >= 15 is 0 Å². The van der Waals surface area contributed by atoms with Gasteiger partial charge in [0.15, 0.2) is 0 Å². The van der Waals surface area contributed by atoms with Crippen LogP contribution in [-0.2, 0) is 14.3 Å². The zero-order valence-corrected chi connectivity index (χ0v) is 16.6. The Hall–Kier alpha value is -3.94. The maximum atomic E-state index is 12.3. The maximum absolute atomic E-state index is 12.3. The molecule has 8 heteroatoms. The summed E-state index contributed by atoms with van der Waals surface area (Å²) in [6.45, 7) is 3.27. The summed E-state index contributed by atoms with van der Waals surface area (Å²) in [7, 11) is 0. The van der Waals surface area contributed by atoms with Crippen molar-refractivity contribution in [1.29, 1.82) is 0 Å². The van der Waals surface area contributed by atoms with Crippen molar-refractivity contribution in [2.45, 2.75) is 20.0 Å². The average molecular weight is 406 g/mol. The third-order valence-corrected chi connectivity index (χ3v) is 4.39. The molecule has 0 aliphatic rings. The van der Waals surface area contributed by atoms with Crippen LogP contribution >= 0.6 is 0 Å². The molecule has 0 aliphatic carbocycles. The number of amides is 2. The van der Waals surface area contributed by atoms with Crippen molar-refractivity contribution in [2.75, 3.05) is 6.54 Å². The number of esters is 1. The summed E-state index contributed by atoms with van der Waals surface area (Å²) in [6, 6.07) is 9.06. The SMILES string of the molecule is CC(=O)O[C@@H](C)CNC(=O)c1ccc(-c2cnc3[nH]cc(/C=C/C(N)=O)c3c2)cc1. The lowest BCUT2D eigenvalue weighted by Gasteiger charge is -2.13. The second-order valence-electron chi connectivity index (χ2n) is 6.81. The lowest BCUT2D eigenvalue weighted by atomic mass is 10.0. The molecule has 0 bridgehead atoms. The molecule has 0 spiro atoms. The van der Waals surface area contributed by atoms with Crippen LogP contribution in [0.1, 0.15) is 29.8 Å². The molecule has 154 valence electrons. The van der Waals surface area contributed by atoms with Gasteiger partial charge in [0.1, 0.15) is 11.8 Å². The molecule has 3 aromatic rings. The molecule has 8 nitrogen and oxygen atoms in total. The Labute approximate surface area is 173 Å². The van der Waals surface area contributed by atoms with Crippen LogP contribution in [0, 0.1) is 0 Å². The minimum absolute atomic E-state index is 0.232. The molecule has 4 N–H and O–H groups in total. The number of benzene rings is 1. The Bertz CT molecular complexity index is 1120. The van der Waals surface area contributed by atoms with Crippen LogP contribution in [0.4, 0.5) is 0 Å².